The molecule has 0 saturated carbocycles. The summed E-state index contributed by atoms with van der Waals surface area (Å²) in [6, 6.07) is -0.442. The van der Waals surface area contributed by atoms with Gasteiger partial charge in [-0.3, -0.25) is 14.5 Å². The van der Waals surface area contributed by atoms with Crippen molar-refractivity contribution >= 4 is 17.5 Å². The maximum absolute atomic E-state index is 13.2. The van der Waals surface area contributed by atoms with Gasteiger partial charge in [0.15, 0.2) is 11.6 Å². The van der Waals surface area contributed by atoms with Crippen LogP contribution in [0.5, 0.6) is 0 Å². The predicted octanol–water partition coefficient (Wildman–Crippen LogP) is 1.21. The number of ether oxygens (including phenoxy) is 3. The van der Waals surface area contributed by atoms with Crippen LogP contribution < -0.4 is 0 Å². The summed E-state index contributed by atoms with van der Waals surface area (Å²) in [5.41, 5.74) is 0.828. The minimum Gasteiger partial charge on any atom is -0.453 e. The fourth-order valence-electron chi connectivity index (χ4n) is 5.10. The van der Waals surface area contributed by atoms with Crippen LogP contribution in [0.4, 0.5) is 0 Å². The van der Waals surface area contributed by atoms with Gasteiger partial charge in [-0.05, 0) is 34.9 Å². The Bertz CT molecular complexity index is 810. The first kappa shape index (κ1) is 19.5. The van der Waals surface area contributed by atoms with E-state index in [1.807, 2.05) is 39.8 Å². The van der Waals surface area contributed by atoms with Crippen LogP contribution in [0, 0.1) is 5.92 Å². The molecule has 4 heterocycles. The third kappa shape index (κ3) is 2.56. The average molecular weight is 389 g/mol. The number of likely N-dealkylation sites (N-methyl/N-ethyl adjacent to an activating group) is 1. The number of allylic oxidation sites excluding steroid dienone is 1. The number of nitrogens with zero attached hydrogens (tertiary/aromatic N) is 1. The van der Waals surface area contributed by atoms with E-state index in [-0.39, 0.29) is 30.3 Å². The fraction of sp³-hybridized carbons (Fsp3) is 0.667. The van der Waals surface area contributed by atoms with E-state index in [1.54, 1.807) is 0 Å². The Morgan fingerprint density at radius 3 is 2.39 bits per heavy atom. The van der Waals surface area contributed by atoms with Gasteiger partial charge < -0.3 is 14.2 Å². The molecule has 4 fully saturated rings. The number of epoxide rings is 1. The standard InChI is InChI=1S/C21H27NO6/c1-9(2)11-7-12(23)14-8-13(24)15(10(3)4)17-18(22(5)6)21(20(25)27-17)19(28-21)16(11)26-14/h11,14,16-19H,1,7-8H2,2-6H3/t11-,14-,16-,17+,18+,19+,21-/m1/s1. The number of ketones is 2. The molecule has 0 radical (unpaired) electrons. The molecule has 0 aliphatic carbocycles. The minimum atomic E-state index is -1.18. The van der Waals surface area contributed by atoms with Gasteiger partial charge in [-0.25, -0.2) is 4.79 Å². The molecule has 0 aromatic rings. The maximum Gasteiger partial charge on any atom is 0.343 e. The molecule has 7 heteroatoms. The lowest BCUT2D eigenvalue weighted by molar-refractivity contribution is -0.152. The van der Waals surface area contributed by atoms with Crippen molar-refractivity contribution < 1.29 is 28.6 Å². The Labute approximate surface area is 164 Å². The van der Waals surface area contributed by atoms with Crippen molar-refractivity contribution in [2.75, 3.05) is 14.1 Å². The minimum absolute atomic E-state index is 0.0489. The van der Waals surface area contributed by atoms with Gasteiger partial charge in [-0.2, -0.15) is 0 Å². The highest BCUT2D eigenvalue weighted by atomic mass is 16.7. The molecule has 4 rings (SSSR count). The zero-order chi connectivity index (χ0) is 20.5. The van der Waals surface area contributed by atoms with Gasteiger partial charge in [0.05, 0.1) is 12.1 Å². The third-order valence-electron chi connectivity index (χ3n) is 6.45. The van der Waals surface area contributed by atoms with E-state index in [9.17, 15) is 14.4 Å². The molecule has 4 bridgehead atoms. The van der Waals surface area contributed by atoms with E-state index in [0.29, 0.717) is 5.57 Å². The summed E-state index contributed by atoms with van der Waals surface area (Å²) in [4.78, 5) is 40.7. The quantitative estimate of drug-likeness (QED) is 0.304. The molecule has 0 unspecified atom stereocenters. The van der Waals surface area contributed by atoms with Gasteiger partial charge in [0, 0.05) is 24.3 Å². The smallest absolute Gasteiger partial charge is 0.343 e. The number of carbonyl (C=O) groups excluding carboxylic acids is 3. The van der Waals surface area contributed by atoms with E-state index < -0.39 is 42.0 Å². The van der Waals surface area contributed by atoms with Crippen LogP contribution in [0.25, 0.3) is 0 Å². The first-order valence-electron chi connectivity index (χ1n) is 9.69. The lowest BCUT2D eigenvalue weighted by Gasteiger charge is -2.37. The third-order valence-corrected chi connectivity index (χ3v) is 6.45. The summed E-state index contributed by atoms with van der Waals surface area (Å²) in [5, 5.41) is 0. The number of esters is 1. The summed E-state index contributed by atoms with van der Waals surface area (Å²) < 4.78 is 17.9. The SMILES string of the molecule is C=C(C)[C@H]1CC(=O)[C@H]2CC(=O)C(=C(C)C)[C@@H]3OC(=O)[C@@]4(O[C@H]4[C@@H]1O2)[C@H]3N(C)C. The van der Waals surface area contributed by atoms with Gasteiger partial charge in [-0.1, -0.05) is 17.7 Å². The second kappa shape index (κ2) is 6.34. The van der Waals surface area contributed by atoms with Gasteiger partial charge in [0.1, 0.15) is 18.3 Å². The van der Waals surface area contributed by atoms with Crippen molar-refractivity contribution in [1.29, 1.82) is 0 Å². The summed E-state index contributed by atoms with van der Waals surface area (Å²) in [6.07, 6.45) is -2.39. The van der Waals surface area contributed by atoms with Gasteiger partial charge in [0.2, 0.25) is 5.60 Å². The molecule has 4 aliphatic heterocycles. The number of Topliss-reactive ketones (excluding diaryl/α,β-unsaturated/α-hetero) is 2. The van der Waals surface area contributed by atoms with Crippen molar-refractivity contribution in [3.05, 3.63) is 23.3 Å². The van der Waals surface area contributed by atoms with E-state index in [1.165, 1.54) is 0 Å². The molecule has 152 valence electrons. The molecule has 28 heavy (non-hydrogen) atoms. The summed E-state index contributed by atoms with van der Waals surface area (Å²) in [6.45, 7) is 9.49. The van der Waals surface area contributed by atoms with Crippen molar-refractivity contribution in [2.24, 2.45) is 5.92 Å². The van der Waals surface area contributed by atoms with Crippen molar-refractivity contribution in [2.45, 2.75) is 69.7 Å². The summed E-state index contributed by atoms with van der Waals surface area (Å²) in [5.74, 6) is -1.04. The first-order chi connectivity index (χ1) is 13.1. The van der Waals surface area contributed by atoms with Crippen LogP contribution in [0.3, 0.4) is 0 Å². The Balaban J connectivity index is 1.86. The molecule has 7 atom stereocenters. The second-order valence-electron chi connectivity index (χ2n) is 8.82. The molecular weight excluding hydrogens is 362 g/mol. The maximum atomic E-state index is 13.2. The van der Waals surface area contributed by atoms with Crippen LogP contribution >= 0.6 is 0 Å². The zero-order valence-corrected chi connectivity index (χ0v) is 17.0. The molecular formula is C21H27NO6. The summed E-state index contributed by atoms with van der Waals surface area (Å²) >= 11 is 0. The van der Waals surface area contributed by atoms with Gasteiger partial charge in [-0.15, -0.1) is 0 Å². The molecule has 0 aromatic carbocycles. The normalized spacial score (nSPS) is 42.2. The van der Waals surface area contributed by atoms with E-state index >= 15 is 0 Å². The molecule has 4 saturated heterocycles. The number of hydrogen-bond acceptors (Lipinski definition) is 7. The molecule has 0 aromatic heterocycles. The lowest BCUT2D eigenvalue weighted by Crippen LogP contribution is -2.54. The Morgan fingerprint density at radius 1 is 1.14 bits per heavy atom. The van der Waals surface area contributed by atoms with Crippen molar-refractivity contribution in [3.63, 3.8) is 0 Å². The van der Waals surface area contributed by atoms with Crippen LogP contribution in [0.2, 0.25) is 0 Å². The number of rotatable bonds is 2. The van der Waals surface area contributed by atoms with Crippen LogP contribution in [-0.2, 0) is 28.6 Å². The fourth-order valence-corrected chi connectivity index (χ4v) is 5.10. The number of carbonyl (C=O) groups is 3. The lowest BCUT2D eigenvalue weighted by atomic mass is 9.77. The van der Waals surface area contributed by atoms with E-state index in [0.717, 1.165) is 11.1 Å². The molecule has 0 amide bonds. The molecule has 7 nitrogen and oxygen atoms in total. The zero-order valence-electron chi connectivity index (χ0n) is 17.0. The average Bonchev–Trinajstić information content (AvgIpc) is 3.24. The van der Waals surface area contributed by atoms with Gasteiger partial charge >= 0.3 is 5.97 Å². The van der Waals surface area contributed by atoms with Crippen LogP contribution in [0.15, 0.2) is 23.3 Å². The largest absolute Gasteiger partial charge is 0.453 e. The van der Waals surface area contributed by atoms with Gasteiger partial charge in [0.25, 0.3) is 0 Å². The second-order valence-corrected chi connectivity index (χ2v) is 8.82. The Kier molecular flexibility index (Phi) is 4.41. The molecule has 0 N–H and O–H groups in total. The Morgan fingerprint density at radius 2 is 1.82 bits per heavy atom. The van der Waals surface area contributed by atoms with Crippen molar-refractivity contribution in [3.8, 4) is 0 Å². The highest BCUT2D eigenvalue weighted by Gasteiger charge is 2.78. The van der Waals surface area contributed by atoms with E-state index in [4.69, 9.17) is 14.2 Å². The highest BCUT2D eigenvalue weighted by Crippen LogP contribution is 2.55. The first-order valence-corrected chi connectivity index (χ1v) is 9.69. The van der Waals surface area contributed by atoms with Crippen LogP contribution in [0.1, 0.15) is 33.6 Å². The number of hydrogen-bond donors (Lipinski definition) is 0. The van der Waals surface area contributed by atoms with E-state index in [2.05, 4.69) is 6.58 Å². The highest BCUT2D eigenvalue weighted by molar-refractivity contribution is 6.02. The monoisotopic (exact) mass is 389 g/mol. The molecule has 4 aliphatic rings. The van der Waals surface area contributed by atoms with Crippen molar-refractivity contribution in [1.82, 2.24) is 4.90 Å². The predicted molar refractivity (Wildman–Crippen MR) is 99.5 cm³/mol. The van der Waals surface area contributed by atoms with Crippen LogP contribution in [-0.4, -0.2) is 72.6 Å². The Hall–Kier alpha value is -1.83. The summed E-state index contributed by atoms with van der Waals surface area (Å²) in [7, 11) is 3.70. The number of fused-ring (bicyclic) bond motifs is 4. The topological polar surface area (TPSA) is 85.4 Å². The molecule has 1 spiro atoms.